The maximum atomic E-state index is 12.9. The summed E-state index contributed by atoms with van der Waals surface area (Å²) in [6.07, 6.45) is -4.20. The van der Waals surface area contributed by atoms with Crippen LogP contribution in [0.2, 0.25) is 0 Å². The lowest BCUT2D eigenvalue weighted by Gasteiger charge is -2.33. The number of amides is 1. The van der Waals surface area contributed by atoms with Gasteiger partial charge in [-0.3, -0.25) is 9.78 Å². The van der Waals surface area contributed by atoms with E-state index in [4.69, 9.17) is 0 Å². The largest absolute Gasteiger partial charge is 0.418 e. The fourth-order valence-corrected chi connectivity index (χ4v) is 2.21. The van der Waals surface area contributed by atoms with Crippen molar-refractivity contribution in [3.8, 4) is 0 Å². The van der Waals surface area contributed by atoms with Crippen molar-refractivity contribution in [2.24, 2.45) is 11.3 Å². The number of carbonyl (C=O) groups is 1. The lowest BCUT2D eigenvalue weighted by Crippen LogP contribution is -2.44. The molecule has 0 aliphatic rings. The Balaban J connectivity index is 2.88. The number of hydrogen-bond donors (Lipinski definition) is 2. The number of carbonyl (C=O) groups excluding carboxylic acids is 1. The summed E-state index contributed by atoms with van der Waals surface area (Å²) in [5, 5.41) is 12.5. The Morgan fingerprint density at radius 3 is 2.45 bits per heavy atom. The number of hydrogen-bond acceptors (Lipinski definition) is 3. The first kappa shape index (κ1) is 18.4. The van der Waals surface area contributed by atoms with Crippen molar-refractivity contribution in [3.63, 3.8) is 0 Å². The van der Waals surface area contributed by atoms with Crippen LogP contribution in [0.3, 0.4) is 0 Å². The predicted molar refractivity (Wildman–Crippen MR) is 76.2 cm³/mol. The van der Waals surface area contributed by atoms with Gasteiger partial charge in [0.1, 0.15) is 5.69 Å². The molecule has 1 heterocycles. The van der Waals surface area contributed by atoms with Gasteiger partial charge >= 0.3 is 6.18 Å². The minimum absolute atomic E-state index is 0.0347. The fourth-order valence-electron chi connectivity index (χ4n) is 2.21. The highest BCUT2D eigenvalue weighted by molar-refractivity contribution is 5.93. The molecular formula is C15H21F3N2O2. The Hall–Kier alpha value is -1.63. The molecule has 0 aromatic carbocycles. The van der Waals surface area contributed by atoms with Crippen LogP contribution in [0.15, 0.2) is 18.3 Å². The number of aliphatic hydroxyl groups excluding tert-OH is 1. The second-order valence-electron chi connectivity index (χ2n) is 6.26. The molecule has 0 radical (unpaired) electrons. The van der Waals surface area contributed by atoms with Crippen molar-refractivity contribution in [2.45, 2.75) is 40.0 Å². The van der Waals surface area contributed by atoms with Gasteiger partial charge in [-0.15, -0.1) is 0 Å². The fraction of sp³-hybridized carbons (Fsp3) is 0.600. The average molecular weight is 318 g/mol. The van der Waals surface area contributed by atoms with Crippen molar-refractivity contribution in [1.29, 1.82) is 0 Å². The number of alkyl halides is 3. The van der Waals surface area contributed by atoms with Crippen molar-refractivity contribution >= 4 is 5.91 Å². The van der Waals surface area contributed by atoms with Crippen LogP contribution in [0, 0.1) is 11.3 Å². The van der Waals surface area contributed by atoms with Gasteiger partial charge in [-0.05, 0) is 18.1 Å². The number of halogens is 3. The van der Waals surface area contributed by atoms with Crippen LogP contribution in [0.4, 0.5) is 13.2 Å². The van der Waals surface area contributed by atoms with Gasteiger partial charge in [-0.1, -0.05) is 27.7 Å². The minimum Gasteiger partial charge on any atom is -0.392 e. The summed E-state index contributed by atoms with van der Waals surface area (Å²) in [4.78, 5) is 15.5. The summed E-state index contributed by atoms with van der Waals surface area (Å²) in [5.41, 5.74) is -2.41. The van der Waals surface area contributed by atoms with E-state index >= 15 is 0 Å². The van der Waals surface area contributed by atoms with E-state index < -0.39 is 34.9 Å². The van der Waals surface area contributed by atoms with Gasteiger partial charge in [0.05, 0.1) is 11.7 Å². The van der Waals surface area contributed by atoms with Crippen LogP contribution in [0.25, 0.3) is 0 Å². The predicted octanol–water partition coefficient (Wildman–Crippen LogP) is 2.87. The Morgan fingerprint density at radius 2 is 1.95 bits per heavy atom. The van der Waals surface area contributed by atoms with Crippen LogP contribution in [-0.2, 0) is 6.18 Å². The zero-order valence-corrected chi connectivity index (χ0v) is 13.0. The van der Waals surface area contributed by atoms with Gasteiger partial charge in [0, 0.05) is 18.2 Å². The maximum absolute atomic E-state index is 12.9. The molecule has 0 saturated carbocycles. The van der Waals surface area contributed by atoms with Crippen LogP contribution in [0.5, 0.6) is 0 Å². The van der Waals surface area contributed by atoms with Crippen molar-refractivity contribution in [3.05, 3.63) is 29.6 Å². The van der Waals surface area contributed by atoms with Crippen LogP contribution in [0.1, 0.15) is 43.7 Å². The first-order valence-corrected chi connectivity index (χ1v) is 6.95. The SMILES string of the molecule is CC(C)C(O)C(C)(C)CNC(=O)c1ncccc1C(F)(F)F. The van der Waals surface area contributed by atoms with Gasteiger partial charge in [0.2, 0.25) is 0 Å². The quantitative estimate of drug-likeness (QED) is 0.877. The molecule has 1 aromatic heterocycles. The highest BCUT2D eigenvalue weighted by Crippen LogP contribution is 2.31. The molecule has 0 fully saturated rings. The van der Waals surface area contributed by atoms with E-state index in [0.29, 0.717) is 0 Å². The molecule has 4 nitrogen and oxygen atoms in total. The molecular weight excluding hydrogens is 297 g/mol. The number of nitrogens with one attached hydrogen (secondary N) is 1. The summed E-state index contributed by atoms with van der Waals surface area (Å²) >= 11 is 0. The van der Waals surface area contributed by atoms with Crippen LogP contribution >= 0.6 is 0 Å². The van der Waals surface area contributed by atoms with Gasteiger partial charge < -0.3 is 10.4 Å². The van der Waals surface area contributed by atoms with E-state index in [1.165, 1.54) is 0 Å². The van der Waals surface area contributed by atoms with Crippen molar-refractivity contribution in [1.82, 2.24) is 10.3 Å². The Kier molecular flexibility index (Phi) is 5.56. The summed E-state index contributed by atoms with van der Waals surface area (Å²) in [7, 11) is 0. The molecule has 1 unspecified atom stereocenters. The zero-order valence-electron chi connectivity index (χ0n) is 13.0. The van der Waals surface area contributed by atoms with E-state index in [1.54, 1.807) is 13.8 Å². The summed E-state index contributed by atoms with van der Waals surface area (Å²) in [5.74, 6) is -0.940. The van der Waals surface area contributed by atoms with Gasteiger partial charge in [0.15, 0.2) is 0 Å². The molecule has 2 N–H and O–H groups in total. The second-order valence-corrected chi connectivity index (χ2v) is 6.26. The summed E-state index contributed by atoms with van der Waals surface area (Å²) in [6, 6.07) is 1.95. The van der Waals surface area contributed by atoms with Crippen molar-refractivity contribution < 1.29 is 23.1 Å². The lowest BCUT2D eigenvalue weighted by atomic mass is 9.80. The summed E-state index contributed by atoms with van der Waals surface area (Å²) < 4.78 is 38.6. The lowest BCUT2D eigenvalue weighted by molar-refractivity contribution is -0.138. The average Bonchev–Trinajstić information content (AvgIpc) is 2.43. The Labute approximate surface area is 127 Å². The molecule has 0 aliphatic carbocycles. The molecule has 1 rings (SSSR count). The molecule has 0 saturated heterocycles. The third-order valence-corrected chi connectivity index (χ3v) is 3.46. The molecule has 124 valence electrons. The van der Waals surface area contributed by atoms with E-state index in [9.17, 15) is 23.1 Å². The minimum atomic E-state index is -4.64. The van der Waals surface area contributed by atoms with E-state index in [1.807, 2.05) is 13.8 Å². The number of aromatic nitrogens is 1. The van der Waals surface area contributed by atoms with Gasteiger partial charge in [-0.25, -0.2) is 0 Å². The highest BCUT2D eigenvalue weighted by atomic mass is 19.4. The van der Waals surface area contributed by atoms with Gasteiger partial charge in [0.25, 0.3) is 5.91 Å². The molecule has 1 aromatic rings. The molecule has 7 heteroatoms. The normalized spacial score (nSPS) is 14.0. The van der Waals surface area contributed by atoms with Crippen LogP contribution in [-0.4, -0.2) is 28.6 Å². The first-order valence-electron chi connectivity index (χ1n) is 6.95. The van der Waals surface area contributed by atoms with E-state index in [-0.39, 0.29) is 12.5 Å². The first-order chi connectivity index (χ1) is 9.97. The topological polar surface area (TPSA) is 62.2 Å². The van der Waals surface area contributed by atoms with E-state index in [2.05, 4.69) is 10.3 Å². The molecule has 1 amide bonds. The standard InChI is InChI=1S/C15H21F3N2O2/c1-9(2)12(21)14(3,4)8-20-13(22)11-10(15(16,17)18)6-5-7-19-11/h5-7,9,12,21H,8H2,1-4H3,(H,20,22). The molecule has 0 bridgehead atoms. The molecule has 22 heavy (non-hydrogen) atoms. The number of aliphatic hydroxyl groups is 1. The number of rotatable bonds is 5. The Bertz CT molecular complexity index is 528. The van der Waals surface area contributed by atoms with Crippen LogP contribution < -0.4 is 5.32 Å². The maximum Gasteiger partial charge on any atom is 0.418 e. The number of pyridine rings is 1. The summed E-state index contributed by atoms with van der Waals surface area (Å²) in [6.45, 7) is 7.17. The molecule has 0 spiro atoms. The third-order valence-electron chi connectivity index (χ3n) is 3.46. The number of nitrogens with zero attached hydrogens (tertiary/aromatic N) is 1. The second kappa shape index (κ2) is 6.64. The van der Waals surface area contributed by atoms with E-state index in [0.717, 1.165) is 18.3 Å². The molecule has 1 atom stereocenters. The monoisotopic (exact) mass is 318 g/mol. The third kappa shape index (κ3) is 4.43. The molecule has 0 aliphatic heterocycles. The van der Waals surface area contributed by atoms with Gasteiger partial charge in [-0.2, -0.15) is 13.2 Å². The zero-order chi connectivity index (χ0) is 17.1. The Morgan fingerprint density at radius 1 is 1.36 bits per heavy atom. The van der Waals surface area contributed by atoms with Crippen molar-refractivity contribution in [2.75, 3.05) is 6.54 Å². The highest BCUT2D eigenvalue weighted by Gasteiger charge is 2.37. The smallest absolute Gasteiger partial charge is 0.392 e.